The van der Waals surface area contributed by atoms with Gasteiger partial charge in [-0.05, 0) is 30.9 Å². The number of anilines is 1. The smallest absolute Gasteiger partial charge is 0.233 e. The minimum absolute atomic E-state index is 0.292. The zero-order valence-corrected chi connectivity index (χ0v) is 14.5. The molecule has 25 heavy (non-hydrogen) atoms. The third-order valence-corrected chi connectivity index (χ3v) is 5.56. The van der Waals surface area contributed by atoms with Crippen molar-refractivity contribution in [1.29, 1.82) is 0 Å². The van der Waals surface area contributed by atoms with Crippen molar-refractivity contribution in [2.75, 3.05) is 31.1 Å². The fourth-order valence-electron chi connectivity index (χ4n) is 3.99. The van der Waals surface area contributed by atoms with E-state index >= 15 is 0 Å². The van der Waals surface area contributed by atoms with Crippen LogP contribution in [0.1, 0.15) is 31.2 Å². The first-order chi connectivity index (χ1) is 12.3. The van der Waals surface area contributed by atoms with Crippen LogP contribution in [0.25, 0.3) is 0 Å². The van der Waals surface area contributed by atoms with Gasteiger partial charge in [-0.25, -0.2) is 9.97 Å². The van der Waals surface area contributed by atoms with Gasteiger partial charge in [-0.1, -0.05) is 36.8 Å². The molecule has 1 saturated carbocycles. The van der Waals surface area contributed by atoms with Crippen molar-refractivity contribution < 1.29 is 4.79 Å². The standard InChI is InChI=1S/C20H24N4O/c25-18(20(9-4-10-20)17-7-2-1-3-8-17)23-13-6-14-24(16-15-23)19-21-11-5-12-22-19/h1-3,5,7-8,11-12H,4,6,9-10,13-16H2. The number of nitrogens with zero attached hydrogens (tertiary/aromatic N) is 4. The summed E-state index contributed by atoms with van der Waals surface area (Å²) in [6.07, 6.45) is 7.58. The molecule has 0 bridgehead atoms. The summed E-state index contributed by atoms with van der Waals surface area (Å²) < 4.78 is 0. The Morgan fingerprint density at radius 1 is 0.880 bits per heavy atom. The van der Waals surface area contributed by atoms with Crippen LogP contribution in [0.15, 0.2) is 48.8 Å². The number of rotatable bonds is 3. The monoisotopic (exact) mass is 336 g/mol. The Labute approximate surface area is 148 Å². The Bertz CT molecular complexity index is 715. The van der Waals surface area contributed by atoms with Gasteiger partial charge < -0.3 is 9.80 Å². The fourth-order valence-corrected chi connectivity index (χ4v) is 3.99. The lowest BCUT2D eigenvalue weighted by Gasteiger charge is -2.44. The lowest BCUT2D eigenvalue weighted by atomic mass is 9.63. The Hall–Kier alpha value is -2.43. The van der Waals surface area contributed by atoms with E-state index in [0.29, 0.717) is 5.91 Å². The third kappa shape index (κ3) is 2.99. The average Bonchev–Trinajstić information content (AvgIpc) is 2.88. The van der Waals surface area contributed by atoms with Crippen molar-refractivity contribution in [3.8, 4) is 0 Å². The number of carbonyl (C=O) groups is 1. The van der Waals surface area contributed by atoms with Gasteiger partial charge in [0.25, 0.3) is 0 Å². The van der Waals surface area contributed by atoms with Crippen LogP contribution in [0.3, 0.4) is 0 Å². The number of hydrogen-bond donors (Lipinski definition) is 0. The van der Waals surface area contributed by atoms with Crippen LogP contribution in [0.5, 0.6) is 0 Å². The highest BCUT2D eigenvalue weighted by atomic mass is 16.2. The van der Waals surface area contributed by atoms with Crippen molar-refractivity contribution in [1.82, 2.24) is 14.9 Å². The van der Waals surface area contributed by atoms with E-state index in [1.807, 2.05) is 24.3 Å². The number of benzene rings is 1. The van der Waals surface area contributed by atoms with Crippen molar-refractivity contribution in [3.05, 3.63) is 54.4 Å². The molecule has 5 heteroatoms. The molecule has 2 heterocycles. The molecule has 1 aliphatic carbocycles. The van der Waals surface area contributed by atoms with Gasteiger partial charge in [0, 0.05) is 38.6 Å². The van der Waals surface area contributed by atoms with Crippen LogP contribution in [0.4, 0.5) is 5.95 Å². The second-order valence-electron chi connectivity index (χ2n) is 6.98. The normalized spacial score (nSPS) is 19.8. The van der Waals surface area contributed by atoms with Gasteiger partial charge in [0.05, 0.1) is 5.41 Å². The molecule has 130 valence electrons. The zero-order chi connectivity index (χ0) is 17.1. The lowest BCUT2D eigenvalue weighted by Crippen LogP contribution is -2.52. The third-order valence-electron chi connectivity index (χ3n) is 5.56. The molecule has 0 N–H and O–H groups in total. The van der Waals surface area contributed by atoms with E-state index < -0.39 is 0 Å². The first kappa shape index (κ1) is 16.1. The Kier molecular flexibility index (Phi) is 4.38. The van der Waals surface area contributed by atoms with E-state index in [9.17, 15) is 4.79 Å². The minimum Gasteiger partial charge on any atom is -0.340 e. The van der Waals surface area contributed by atoms with Crippen molar-refractivity contribution in [2.45, 2.75) is 31.1 Å². The van der Waals surface area contributed by atoms with Crippen molar-refractivity contribution >= 4 is 11.9 Å². The number of carbonyl (C=O) groups excluding carboxylic acids is 1. The molecule has 0 radical (unpaired) electrons. The molecular formula is C20H24N4O. The molecule has 5 nitrogen and oxygen atoms in total. The van der Waals surface area contributed by atoms with Gasteiger partial charge in [-0.2, -0.15) is 0 Å². The largest absolute Gasteiger partial charge is 0.340 e. The second kappa shape index (κ2) is 6.82. The summed E-state index contributed by atoms with van der Waals surface area (Å²) in [4.78, 5) is 26.3. The molecule has 2 aromatic rings. The van der Waals surface area contributed by atoms with Gasteiger partial charge in [-0.15, -0.1) is 0 Å². The first-order valence-electron chi connectivity index (χ1n) is 9.16. The quantitative estimate of drug-likeness (QED) is 0.865. The molecule has 1 amide bonds. The molecule has 4 rings (SSSR count). The summed E-state index contributed by atoms with van der Waals surface area (Å²) in [5, 5.41) is 0. The molecule has 0 atom stereocenters. The summed E-state index contributed by atoms with van der Waals surface area (Å²) in [5.74, 6) is 1.07. The van der Waals surface area contributed by atoms with E-state index in [2.05, 4.69) is 31.9 Å². The van der Waals surface area contributed by atoms with Crippen LogP contribution in [-0.2, 0) is 10.2 Å². The van der Waals surface area contributed by atoms with E-state index in [1.54, 1.807) is 12.4 Å². The maximum absolute atomic E-state index is 13.4. The number of aromatic nitrogens is 2. The average molecular weight is 336 g/mol. The topological polar surface area (TPSA) is 49.3 Å². The van der Waals surface area contributed by atoms with Crippen LogP contribution in [0.2, 0.25) is 0 Å². The summed E-state index contributed by atoms with van der Waals surface area (Å²) in [6, 6.07) is 12.2. The van der Waals surface area contributed by atoms with Crippen LogP contribution in [0, 0.1) is 0 Å². The van der Waals surface area contributed by atoms with Gasteiger partial charge in [0.2, 0.25) is 11.9 Å². The summed E-state index contributed by atoms with van der Waals surface area (Å²) in [6.45, 7) is 3.25. The maximum Gasteiger partial charge on any atom is 0.233 e. The second-order valence-corrected chi connectivity index (χ2v) is 6.98. The first-order valence-corrected chi connectivity index (χ1v) is 9.16. The number of amides is 1. The Morgan fingerprint density at radius 2 is 1.64 bits per heavy atom. The fraction of sp³-hybridized carbons (Fsp3) is 0.450. The summed E-state index contributed by atoms with van der Waals surface area (Å²) in [5.41, 5.74) is 0.887. The zero-order valence-electron chi connectivity index (χ0n) is 14.5. The molecule has 1 aromatic carbocycles. The van der Waals surface area contributed by atoms with E-state index in [1.165, 1.54) is 5.56 Å². The SMILES string of the molecule is O=C(N1CCCN(c2ncccn2)CC1)C1(c2ccccc2)CCC1. The van der Waals surface area contributed by atoms with Crippen LogP contribution in [-0.4, -0.2) is 47.0 Å². The highest BCUT2D eigenvalue weighted by Crippen LogP contribution is 2.45. The molecule has 0 spiro atoms. The molecule has 1 saturated heterocycles. The van der Waals surface area contributed by atoms with Gasteiger partial charge in [0.1, 0.15) is 0 Å². The van der Waals surface area contributed by atoms with Gasteiger partial charge in [-0.3, -0.25) is 4.79 Å². The predicted octanol–water partition coefficient (Wildman–Crippen LogP) is 2.64. The lowest BCUT2D eigenvalue weighted by molar-refractivity contribution is -0.140. The minimum atomic E-state index is -0.292. The molecule has 1 aliphatic heterocycles. The molecule has 2 fully saturated rings. The summed E-state index contributed by atoms with van der Waals surface area (Å²) >= 11 is 0. The van der Waals surface area contributed by atoms with E-state index in [4.69, 9.17) is 0 Å². The Morgan fingerprint density at radius 3 is 2.32 bits per heavy atom. The molecule has 1 aromatic heterocycles. The van der Waals surface area contributed by atoms with Gasteiger partial charge in [0.15, 0.2) is 0 Å². The molecule has 2 aliphatic rings. The van der Waals surface area contributed by atoms with E-state index in [0.717, 1.165) is 57.8 Å². The van der Waals surface area contributed by atoms with Crippen LogP contribution < -0.4 is 4.90 Å². The van der Waals surface area contributed by atoms with E-state index in [-0.39, 0.29) is 5.41 Å². The molecular weight excluding hydrogens is 312 g/mol. The summed E-state index contributed by atoms with van der Waals surface area (Å²) in [7, 11) is 0. The van der Waals surface area contributed by atoms with Gasteiger partial charge >= 0.3 is 0 Å². The number of hydrogen-bond acceptors (Lipinski definition) is 4. The highest BCUT2D eigenvalue weighted by Gasteiger charge is 2.47. The Balaban J connectivity index is 1.49. The van der Waals surface area contributed by atoms with Crippen LogP contribution >= 0.6 is 0 Å². The van der Waals surface area contributed by atoms with Crippen molar-refractivity contribution in [3.63, 3.8) is 0 Å². The van der Waals surface area contributed by atoms with Crippen molar-refractivity contribution in [2.24, 2.45) is 0 Å². The maximum atomic E-state index is 13.4. The molecule has 0 unspecified atom stereocenters. The highest BCUT2D eigenvalue weighted by molar-refractivity contribution is 5.89. The predicted molar refractivity (Wildman–Crippen MR) is 97.4 cm³/mol.